The van der Waals surface area contributed by atoms with Crippen LogP contribution in [0.4, 0.5) is 0 Å². The van der Waals surface area contributed by atoms with Crippen molar-refractivity contribution in [3.8, 4) is 12.3 Å². The first-order valence-corrected chi connectivity index (χ1v) is 15.7. The van der Waals surface area contributed by atoms with E-state index in [0.29, 0.717) is 25.1 Å². The lowest BCUT2D eigenvalue weighted by Gasteiger charge is -2.34. The van der Waals surface area contributed by atoms with E-state index in [0.717, 1.165) is 17.2 Å². The summed E-state index contributed by atoms with van der Waals surface area (Å²) in [5.74, 6) is 0.177. The Morgan fingerprint density at radius 2 is 1.93 bits per heavy atom. The first-order chi connectivity index (χ1) is 21.1. The summed E-state index contributed by atoms with van der Waals surface area (Å²) < 4.78 is 3.26. The molecule has 2 aromatic rings. The number of rotatable bonds is 11. The minimum Gasteiger partial charge on any atom is -0.460 e. The molecule has 3 amide bonds. The number of benzene rings is 1. The van der Waals surface area contributed by atoms with E-state index in [2.05, 4.69) is 46.0 Å². The van der Waals surface area contributed by atoms with E-state index >= 15 is 0 Å². The van der Waals surface area contributed by atoms with Gasteiger partial charge < -0.3 is 15.4 Å². The Hall–Kier alpha value is -3.36. The number of ether oxygens (including phenoxy) is 1. The number of alkyl halides is 3. The zero-order chi connectivity index (χ0) is 33.4. The van der Waals surface area contributed by atoms with E-state index < -0.39 is 57.6 Å². The molecular formula is C32H38Cl3N5O5. The lowest BCUT2D eigenvalue weighted by molar-refractivity contribution is -0.152. The number of terminal acetylenes is 1. The number of nitrogens with one attached hydrogen (secondary N) is 3. The Bertz CT molecular complexity index is 1480. The molecule has 10 nitrogen and oxygen atoms in total. The van der Waals surface area contributed by atoms with Crippen LogP contribution >= 0.6 is 34.8 Å². The molecular weight excluding hydrogens is 641 g/mol. The second-order valence-electron chi connectivity index (χ2n) is 11.4. The molecule has 1 aromatic heterocycles. The fraction of sp³-hybridized carbons (Fsp3) is 0.469. The van der Waals surface area contributed by atoms with Crippen molar-refractivity contribution in [1.29, 1.82) is 0 Å². The van der Waals surface area contributed by atoms with E-state index in [-0.39, 0.29) is 6.42 Å². The van der Waals surface area contributed by atoms with Crippen LogP contribution in [0.3, 0.4) is 0 Å². The van der Waals surface area contributed by atoms with Crippen molar-refractivity contribution in [1.82, 2.24) is 26.1 Å². The van der Waals surface area contributed by atoms with E-state index in [9.17, 15) is 19.2 Å². The first-order valence-electron chi connectivity index (χ1n) is 14.6. The Kier molecular flexibility index (Phi) is 12.7. The van der Waals surface area contributed by atoms with Gasteiger partial charge in [-0.15, -0.1) is 12.3 Å². The molecule has 0 aliphatic carbocycles. The maximum absolute atomic E-state index is 13.3. The molecule has 3 unspecified atom stereocenters. The third-order valence-electron chi connectivity index (χ3n) is 7.26. The number of aryl methyl sites for hydroxylation is 1. The summed E-state index contributed by atoms with van der Waals surface area (Å²) in [6.07, 6.45) is 12.5. The average Bonchev–Trinajstić information content (AvgIpc) is 3.01. The second-order valence-corrected chi connectivity index (χ2v) is 13.9. The Labute approximate surface area is 278 Å². The number of esters is 1. The molecule has 1 fully saturated rings. The topological polar surface area (TPSA) is 130 Å². The molecule has 0 saturated carbocycles. The van der Waals surface area contributed by atoms with E-state index in [4.69, 9.17) is 46.0 Å². The monoisotopic (exact) mass is 677 g/mol. The molecule has 0 radical (unpaired) electrons. The number of hydrazine groups is 1. The van der Waals surface area contributed by atoms with Gasteiger partial charge >= 0.3 is 5.97 Å². The zero-order valence-corrected chi connectivity index (χ0v) is 27.9. The largest absolute Gasteiger partial charge is 0.460 e. The van der Waals surface area contributed by atoms with Gasteiger partial charge in [-0.2, -0.15) is 0 Å². The highest BCUT2D eigenvalue weighted by Gasteiger charge is 2.34. The van der Waals surface area contributed by atoms with Crippen molar-refractivity contribution < 1.29 is 23.9 Å². The molecule has 0 bridgehead atoms. The molecule has 242 valence electrons. The van der Waals surface area contributed by atoms with Crippen LogP contribution in [0.2, 0.25) is 0 Å². The fourth-order valence-electron chi connectivity index (χ4n) is 4.54. The number of hydrogen-bond acceptors (Lipinski definition) is 7. The van der Waals surface area contributed by atoms with Crippen molar-refractivity contribution in [3.05, 3.63) is 47.8 Å². The highest BCUT2D eigenvalue weighted by molar-refractivity contribution is 6.67. The molecule has 1 saturated heterocycles. The minimum absolute atomic E-state index is 0.0939. The molecule has 1 aliphatic rings. The molecule has 3 N–H and O–H groups in total. The molecule has 45 heavy (non-hydrogen) atoms. The van der Waals surface area contributed by atoms with Crippen LogP contribution in [0, 0.1) is 17.8 Å². The van der Waals surface area contributed by atoms with Gasteiger partial charge in [0.2, 0.25) is 15.6 Å². The number of amides is 3. The van der Waals surface area contributed by atoms with Crippen LogP contribution in [0.5, 0.6) is 0 Å². The van der Waals surface area contributed by atoms with Crippen molar-refractivity contribution in [2.75, 3.05) is 13.2 Å². The van der Waals surface area contributed by atoms with Crippen LogP contribution < -0.4 is 16.1 Å². The van der Waals surface area contributed by atoms with Crippen LogP contribution in [-0.2, 0) is 30.3 Å². The number of pyridine rings is 1. The van der Waals surface area contributed by atoms with Gasteiger partial charge in [0.15, 0.2) is 0 Å². The number of carbonyl (C=O) groups excluding carboxylic acids is 4. The van der Waals surface area contributed by atoms with E-state index in [1.165, 1.54) is 17.5 Å². The summed E-state index contributed by atoms with van der Waals surface area (Å²) in [4.78, 5) is 56.4. The van der Waals surface area contributed by atoms with Gasteiger partial charge in [0.05, 0.1) is 11.1 Å². The third kappa shape index (κ3) is 10.6. The van der Waals surface area contributed by atoms with Crippen molar-refractivity contribution in [3.63, 3.8) is 0 Å². The van der Waals surface area contributed by atoms with Gasteiger partial charge in [-0.1, -0.05) is 66.0 Å². The maximum Gasteiger partial charge on any atom is 0.325 e. The normalized spacial score (nSPS) is 16.9. The number of aromatic nitrogens is 1. The lowest BCUT2D eigenvalue weighted by Crippen LogP contribution is -2.60. The number of nitrogens with zero attached hydrogens (tertiary/aromatic N) is 2. The van der Waals surface area contributed by atoms with Crippen LogP contribution in [0.15, 0.2) is 36.5 Å². The summed E-state index contributed by atoms with van der Waals surface area (Å²) in [7, 11) is 0. The van der Waals surface area contributed by atoms with Gasteiger partial charge in [0.25, 0.3) is 5.91 Å². The Morgan fingerprint density at radius 1 is 1.20 bits per heavy atom. The van der Waals surface area contributed by atoms with E-state index in [1.807, 2.05) is 12.1 Å². The molecule has 3 rings (SSSR count). The Balaban J connectivity index is 1.60. The van der Waals surface area contributed by atoms with Crippen LogP contribution in [0.1, 0.15) is 58.2 Å². The number of carbonyl (C=O) groups is 4. The first kappa shape index (κ1) is 36.1. The smallest absolute Gasteiger partial charge is 0.325 e. The average molecular weight is 679 g/mol. The summed E-state index contributed by atoms with van der Waals surface area (Å²) in [6, 6.07) is 5.25. The molecule has 1 aromatic carbocycles. The summed E-state index contributed by atoms with van der Waals surface area (Å²) in [5, 5.41) is 8.64. The predicted octanol–water partition coefficient (Wildman–Crippen LogP) is 4.26. The number of halogens is 3. The van der Waals surface area contributed by atoms with Crippen molar-refractivity contribution >= 4 is 75.3 Å². The van der Waals surface area contributed by atoms with E-state index in [1.54, 1.807) is 32.2 Å². The van der Waals surface area contributed by atoms with Gasteiger partial charge in [-0.25, -0.2) is 5.43 Å². The number of fused-ring (bicyclic) bond motifs is 1. The molecule has 2 heterocycles. The highest BCUT2D eigenvalue weighted by Crippen LogP contribution is 2.26. The van der Waals surface area contributed by atoms with Gasteiger partial charge in [0, 0.05) is 24.5 Å². The molecule has 1 aliphatic heterocycles. The predicted molar refractivity (Wildman–Crippen MR) is 176 cm³/mol. The second kappa shape index (κ2) is 15.8. The summed E-state index contributed by atoms with van der Waals surface area (Å²) >= 11 is 16.9. The fourth-order valence-corrected chi connectivity index (χ4v) is 4.70. The van der Waals surface area contributed by atoms with Crippen molar-refractivity contribution in [2.45, 2.75) is 75.3 Å². The maximum atomic E-state index is 13.3. The highest BCUT2D eigenvalue weighted by atomic mass is 35.6. The third-order valence-corrected chi connectivity index (χ3v) is 7.59. The van der Waals surface area contributed by atoms with Crippen LogP contribution in [0.25, 0.3) is 16.8 Å². The Morgan fingerprint density at radius 3 is 2.60 bits per heavy atom. The number of hydrogen-bond donors (Lipinski definition) is 3. The minimum atomic E-state index is -1.76. The summed E-state index contributed by atoms with van der Waals surface area (Å²) in [5.41, 5.74) is 3.69. The van der Waals surface area contributed by atoms with Crippen LogP contribution in [-0.4, -0.2) is 68.8 Å². The zero-order valence-electron chi connectivity index (χ0n) is 25.7. The standard InChI is InChI=1S/C32H38Cl3N5O5/c1-6-9-25(27(41)37-20(3)28(42)40-15-8-10-26(39-40)29(43)45-19-32(33,34)35)38-30(44)31(4,5)14-13-24-17-23-16-21(7-2)11-12-22(23)18-36-24/h1,11-14,16-18,20,25-26,39H,7-10,15,19H2,2-5H3,(H,37,41)(H,38,44)/b14-13+. The van der Waals surface area contributed by atoms with Gasteiger partial charge in [-0.05, 0) is 63.1 Å². The SMILES string of the molecule is C#CCC(NC(=O)C(C)(C)/C=C/c1cc2cc(CC)ccc2cn1)C(=O)NC(C)C(=O)N1CCCC(C(=O)OCC(Cl)(Cl)Cl)N1. The van der Waals surface area contributed by atoms with Gasteiger partial charge in [-0.3, -0.25) is 29.2 Å². The van der Waals surface area contributed by atoms with Gasteiger partial charge in [0.1, 0.15) is 24.7 Å². The molecule has 13 heteroatoms. The summed E-state index contributed by atoms with van der Waals surface area (Å²) in [6.45, 7) is 6.87. The van der Waals surface area contributed by atoms with Crippen molar-refractivity contribution in [2.24, 2.45) is 5.41 Å². The lowest BCUT2D eigenvalue weighted by atomic mass is 9.90. The molecule has 3 atom stereocenters. The molecule has 0 spiro atoms. The quantitative estimate of drug-likeness (QED) is 0.184.